The number of para-hydroxylation sites is 1. The minimum absolute atomic E-state index is 0.00961. The molecule has 0 bridgehead atoms. The van der Waals surface area contributed by atoms with E-state index in [-0.39, 0.29) is 23.7 Å². The number of carboxylic acids is 1. The normalized spacial score (nSPS) is 16.0. The number of carbonyl (C=O) groups excluding carboxylic acids is 2. The topological polar surface area (TPSA) is 95.9 Å². The van der Waals surface area contributed by atoms with Crippen LogP contribution in [0.2, 0.25) is 0 Å². The molecular formula is C20H28N2O5. The van der Waals surface area contributed by atoms with Gasteiger partial charge in [-0.3, -0.25) is 9.59 Å². The van der Waals surface area contributed by atoms with Crippen LogP contribution in [0.5, 0.6) is 5.75 Å². The minimum atomic E-state index is -1.02. The third-order valence-electron chi connectivity index (χ3n) is 4.78. The van der Waals surface area contributed by atoms with Crippen molar-refractivity contribution in [3.63, 3.8) is 0 Å². The molecule has 1 unspecified atom stereocenters. The molecule has 27 heavy (non-hydrogen) atoms. The standard InChI is InChI=1S/C20H28N2O5/c1-14(2)18(20(25)26)21-19(24)15-8-11-22(12-9-15)17(23)10-13-27-16-6-4-3-5-7-16/h3-7,14-15,18H,8-13H2,1-2H3,(H,21,24)(H,25,26). The van der Waals surface area contributed by atoms with E-state index in [4.69, 9.17) is 4.74 Å². The zero-order chi connectivity index (χ0) is 19.8. The van der Waals surface area contributed by atoms with Gasteiger partial charge < -0.3 is 20.1 Å². The van der Waals surface area contributed by atoms with Gasteiger partial charge in [-0.2, -0.15) is 0 Å². The Labute approximate surface area is 159 Å². The Balaban J connectivity index is 1.73. The summed E-state index contributed by atoms with van der Waals surface area (Å²) in [5, 5.41) is 11.8. The summed E-state index contributed by atoms with van der Waals surface area (Å²) in [4.78, 5) is 37.6. The first-order valence-corrected chi connectivity index (χ1v) is 9.37. The maximum absolute atomic E-state index is 12.3. The number of carboxylic acid groups (broad SMARTS) is 1. The van der Waals surface area contributed by atoms with Gasteiger partial charge in [-0.1, -0.05) is 32.0 Å². The predicted octanol–water partition coefficient (Wildman–Crippen LogP) is 1.92. The largest absolute Gasteiger partial charge is 0.493 e. The average molecular weight is 376 g/mol. The molecule has 1 aromatic rings. The second kappa shape index (κ2) is 9.94. The Hall–Kier alpha value is -2.57. The van der Waals surface area contributed by atoms with Crippen molar-refractivity contribution >= 4 is 17.8 Å². The number of hydrogen-bond acceptors (Lipinski definition) is 4. The van der Waals surface area contributed by atoms with E-state index >= 15 is 0 Å². The lowest BCUT2D eigenvalue weighted by molar-refractivity contribution is -0.144. The lowest BCUT2D eigenvalue weighted by Gasteiger charge is -2.32. The van der Waals surface area contributed by atoms with Crippen molar-refractivity contribution in [1.29, 1.82) is 0 Å². The lowest BCUT2D eigenvalue weighted by atomic mass is 9.94. The molecule has 0 radical (unpaired) electrons. The summed E-state index contributed by atoms with van der Waals surface area (Å²) in [6.07, 6.45) is 1.38. The van der Waals surface area contributed by atoms with Crippen molar-refractivity contribution in [2.24, 2.45) is 11.8 Å². The third-order valence-corrected chi connectivity index (χ3v) is 4.78. The summed E-state index contributed by atoms with van der Waals surface area (Å²) < 4.78 is 5.55. The van der Waals surface area contributed by atoms with Gasteiger partial charge in [0.05, 0.1) is 13.0 Å². The van der Waals surface area contributed by atoms with Gasteiger partial charge in [0.1, 0.15) is 11.8 Å². The Morgan fingerprint density at radius 2 is 1.81 bits per heavy atom. The van der Waals surface area contributed by atoms with Gasteiger partial charge in [0, 0.05) is 19.0 Å². The molecule has 7 nitrogen and oxygen atoms in total. The second-order valence-corrected chi connectivity index (χ2v) is 7.14. The van der Waals surface area contributed by atoms with Gasteiger partial charge in [0.15, 0.2) is 0 Å². The molecule has 1 aliphatic heterocycles. The first kappa shape index (κ1) is 20.7. The molecule has 1 fully saturated rings. The fourth-order valence-electron chi connectivity index (χ4n) is 3.11. The van der Waals surface area contributed by atoms with E-state index in [9.17, 15) is 19.5 Å². The molecular weight excluding hydrogens is 348 g/mol. The quantitative estimate of drug-likeness (QED) is 0.723. The molecule has 1 aliphatic rings. The van der Waals surface area contributed by atoms with Crippen LogP contribution >= 0.6 is 0 Å². The van der Waals surface area contributed by atoms with E-state index in [0.29, 0.717) is 39.0 Å². The molecule has 1 atom stereocenters. The summed E-state index contributed by atoms with van der Waals surface area (Å²) in [5.41, 5.74) is 0. The zero-order valence-corrected chi connectivity index (χ0v) is 15.9. The highest BCUT2D eigenvalue weighted by molar-refractivity contribution is 5.85. The maximum Gasteiger partial charge on any atom is 0.326 e. The first-order valence-electron chi connectivity index (χ1n) is 9.37. The van der Waals surface area contributed by atoms with Crippen molar-refractivity contribution in [3.8, 4) is 5.75 Å². The molecule has 7 heteroatoms. The smallest absolute Gasteiger partial charge is 0.326 e. The van der Waals surface area contributed by atoms with Gasteiger partial charge in [-0.25, -0.2) is 4.79 Å². The van der Waals surface area contributed by atoms with E-state index in [1.807, 2.05) is 30.3 Å². The van der Waals surface area contributed by atoms with Crippen molar-refractivity contribution in [1.82, 2.24) is 10.2 Å². The number of ether oxygens (including phenoxy) is 1. The molecule has 148 valence electrons. The molecule has 1 saturated heterocycles. The second-order valence-electron chi connectivity index (χ2n) is 7.14. The van der Waals surface area contributed by atoms with E-state index in [1.54, 1.807) is 18.7 Å². The number of carbonyl (C=O) groups is 3. The maximum atomic E-state index is 12.3. The number of amides is 2. The van der Waals surface area contributed by atoms with Crippen LogP contribution < -0.4 is 10.1 Å². The summed E-state index contributed by atoms with van der Waals surface area (Å²) in [6, 6.07) is 8.46. The number of benzene rings is 1. The highest BCUT2D eigenvalue weighted by atomic mass is 16.5. The fraction of sp³-hybridized carbons (Fsp3) is 0.550. The number of nitrogens with zero attached hydrogens (tertiary/aromatic N) is 1. The SMILES string of the molecule is CC(C)C(NC(=O)C1CCN(C(=O)CCOc2ccccc2)CC1)C(=O)O. The van der Waals surface area contributed by atoms with E-state index in [2.05, 4.69) is 5.32 Å². The van der Waals surface area contributed by atoms with Gasteiger partial charge in [0.2, 0.25) is 11.8 Å². The number of likely N-dealkylation sites (tertiary alicyclic amines) is 1. The molecule has 1 aromatic carbocycles. The van der Waals surface area contributed by atoms with Crippen LogP contribution in [-0.2, 0) is 14.4 Å². The van der Waals surface area contributed by atoms with Gasteiger partial charge in [-0.05, 0) is 30.9 Å². The number of nitrogens with one attached hydrogen (secondary N) is 1. The lowest BCUT2D eigenvalue weighted by Crippen LogP contribution is -2.49. The van der Waals surface area contributed by atoms with Gasteiger partial charge >= 0.3 is 5.97 Å². The summed E-state index contributed by atoms with van der Waals surface area (Å²) in [6.45, 7) is 4.84. The molecule has 2 rings (SSSR count). The van der Waals surface area contributed by atoms with Crippen LogP contribution in [0.4, 0.5) is 0 Å². The van der Waals surface area contributed by atoms with Crippen LogP contribution in [0.1, 0.15) is 33.1 Å². The summed E-state index contributed by atoms with van der Waals surface area (Å²) in [7, 11) is 0. The van der Waals surface area contributed by atoms with Crippen LogP contribution in [0.15, 0.2) is 30.3 Å². The van der Waals surface area contributed by atoms with Gasteiger partial charge in [0.25, 0.3) is 0 Å². The molecule has 0 aromatic heterocycles. The van der Waals surface area contributed by atoms with Crippen molar-refractivity contribution in [3.05, 3.63) is 30.3 Å². The predicted molar refractivity (Wildman–Crippen MR) is 100 cm³/mol. The Morgan fingerprint density at radius 3 is 2.37 bits per heavy atom. The van der Waals surface area contributed by atoms with Crippen LogP contribution in [0, 0.1) is 11.8 Å². The zero-order valence-electron chi connectivity index (χ0n) is 15.9. The number of rotatable bonds is 8. The van der Waals surface area contributed by atoms with Crippen LogP contribution in [-0.4, -0.2) is 53.5 Å². The fourth-order valence-corrected chi connectivity index (χ4v) is 3.11. The molecule has 0 spiro atoms. The Morgan fingerprint density at radius 1 is 1.19 bits per heavy atom. The van der Waals surface area contributed by atoms with Crippen LogP contribution in [0.25, 0.3) is 0 Å². The highest BCUT2D eigenvalue weighted by Gasteiger charge is 2.31. The van der Waals surface area contributed by atoms with Gasteiger partial charge in [-0.15, -0.1) is 0 Å². The van der Waals surface area contributed by atoms with E-state index in [1.165, 1.54) is 0 Å². The number of piperidine rings is 1. The molecule has 2 N–H and O–H groups in total. The third kappa shape index (κ3) is 6.27. The highest BCUT2D eigenvalue weighted by Crippen LogP contribution is 2.19. The number of hydrogen-bond donors (Lipinski definition) is 2. The van der Waals surface area contributed by atoms with Crippen molar-refractivity contribution < 1.29 is 24.2 Å². The molecule has 1 heterocycles. The summed E-state index contributed by atoms with van der Waals surface area (Å²) >= 11 is 0. The Bertz CT molecular complexity index is 639. The Kier molecular flexibility index (Phi) is 7.64. The first-order chi connectivity index (χ1) is 12.9. The molecule has 2 amide bonds. The average Bonchev–Trinajstić information content (AvgIpc) is 2.66. The van der Waals surface area contributed by atoms with Crippen LogP contribution in [0.3, 0.4) is 0 Å². The summed E-state index contributed by atoms with van der Waals surface area (Å²) in [5.74, 6) is -0.956. The minimum Gasteiger partial charge on any atom is -0.493 e. The molecule has 0 saturated carbocycles. The molecule has 0 aliphatic carbocycles. The van der Waals surface area contributed by atoms with E-state index in [0.717, 1.165) is 5.75 Å². The number of aliphatic carboxylic acids is 1. The van der Waals surface area contributed by atoms with E-state index < -0.39 is 12.0 Å². The van der Waals surface area contributed by atoms with Crippen molar-refractivity contribution in [2.45, 2.75) is 39.2 Å². The van der Waals surface area contributed by atoms with Crippen molar-refractivity contribution in [2.75, 3.05) is 19.7 Å². The monoisotopic (exact) mass is 376 g/mol.